The number of hydrogen-bond donors (Lipinski definition) is 2. The maximum absolute atomic E-state index is 11.9. The van der Waals surface area contributed by atoms with Gasteiger partial charge in [0.15, 0.2) is 0 Å². The van der Waals surface area contributed by atoms with Crippen molar-refractivity contribution in [2.45, 2.75) is 206 Å². The molecule has 0 aromatic rings. The van der Waals surface area contributed by atoms with E-state index in [4.69, 9.17) is 5.11 Å². The van der Waals surface area contributed by atoms with E-state index in [0.29, 0.717) is 6.42 Å². The average Bonchev–Trinajstić information content (AvgIpc) is 2.90. The Kier molecular flexibility index (Phi) is 27.7. The van der Waals surface area contributed by atoms with Crippen LogP contribution >= 0.6 is 0 Å². The quantitative estimate of drug-likeness (QED) is 0.0814. The SMILES string of the molecule is CCCCCCCCCCCCCCC(C)(CCCCCCCCCCCCCCCCCC(=O)O)C(=O)O. The number of carbonyl (C=O) groups is 2. The second-order valence-electron chi connectivity index (χ2n) is 12.7. The van der Waals surface area contributed by atoms with Crippen molar-refractivity contribution < 1.29 is 19.8 Å². The van der Waals surface area contributed by atoms with Gasteiger partial charge in [-0.25, -0.2) is 0 Å². The Hall–Kier alpha value is -1.06. The summed E-state index contributed by atoms with van der Waals surface area (Å²) in [4.78, 5) is 22.4. The molecule has 0 aliphatic heterocycles. The van der Waals surface area contributed by atoms with Gasteiger partial charge in [-0.05, 0) is 26.2 Å². The largest absolute Gasteiger partial charge is 0.481 e. The van der Waals surface area contributed by atoms with Gasteiger partial charge in [0.1, 0.15) is 0 Å². The van der Waals surface area contributed by atoms with Crippen molar-refractivity contribution in [1.82, 2.24) is 0 Å². The van der Waals surface area contributed by atoms with Gasteiger partial charge in [0.25, 0.3) is 0 Å². The summed E-state index contributed by atoms with van der Waals surface area (Å²) < 4.78 is 0. The first-order chi connectivity index (χ1) is 18.9. The number of rotatable bonds is 32. The fraction of sp³-hybridized carbons (Fsp3) is 0.943. The van der Waals surface area contributed by atoms with Crippen molar-refractivity contribution >= 4 is 11.9 Å². The first kappa shape index (κ1) is 37.9. The maximum atomic E-state index is 11.9. The van der Waals surface area contributed by atoms with Crippen LogP contribution < -0.4 is 0 Å². The number of aliphatic carboxylic acids is 2. The smallest absolute Gasteiger partial charge is 0.309 e. The molecule has 0 saturated heterocycles. The molecule has 1 unspecified atom stereocenters. The molecule has 0 aliphatic carbocycles. The van der Waals surface area contributed by atoms with Gasteiger partial charge in [0.2, 0.25) is 0 Å². The Morgan fingerprint density at radius 3 is 0.949 bits per heavy atom. The second-order valence-corrected chi connectivity index (χ2v) is 12.7. The van der Waals surface area contributed by atoms with Gasteiger partial charge < -0.3 is 10.2 Å². The number of carboxylic acids is 2. The molecule has 0 radical (unpaired) electrons. The molecule has 0 aromatic heterocycles. The Balaban J connectivity index is 3.52. The van der Waals surface area contributed by atoms with Gasteiger partial charge in [-0.15, -0.1) is 0 Å². The molecule has 2 N–H and O–H groups in total. The summed E-state index contributed by atoms with van der Waals surface area (Å²) in [6, 6.07) is 0. The molecule has 232 valence electrons. The van der Waals surface area contributed by atoms with Crippen LogP contribution in [0.5, 0.6) is 0 Å². The minimum atomic E-state index is -0.670. The highest BCUT2D eigenvalue weighted by molar-refractivity contribution is 5.74. The highest BCUT2D eigenvalue weighted by Gasteiger charge is 2.31. The van der Waals surface area contributed by atoms with Crippen molar-refractivity contribution in [1.29, 1.82) is 0 Å². The monoisotopic (exact) mass is 553 g/mol. The summed E-state index contributed by atoms with van der Waals surface area (Å²) in [5.41, 5.74) is -0.531. The van der Waals surface area contributed by atoms with E-state index in [9.17, 15) is 14.7 Å². The van der Waals surface area contributed by atoms with E-state index in [1.54, 1.807) is 0 Å². The third kappa shape index (κ3) is 26.9. The van der Waals surface area contributed by atoms with Crippen LogP contribution in [0.4, 0.5) is 0 Å². The number of hydrogen-bond acceptors (Lipinski definition) is 2. The Labute approximate surface area is 243 Å². The highest BCUT2D eigenvalue weighted by Crippen LogP contribution is 2.32. The predicted molar refractivity (Wildman–Crippen MR) is 168 cm³/mol. The summed E-state index contributed by atoms with van der Waals surface area (Å²) in [6.07, 6.45) is 36.2. The van der Waals surface area contributed by atoms with Crippen LogP contribution in [0.1, 0.15) is 206 Å². The summed E-state index contributed by atoms with van der Waals surface area (Å²) in [5, 5.41) is 18.5. The van der Waals surface area contributed by atoms with E-state index in [2.05, 4.69) is 6.92 Å². The molecule has 4 nitrogen and oxygen atoms in total. The Bertz CT molecular complexity index is 547. The summed E-state index contributed by atoms with van der Waals surface area (Å²) in [5.74, 6) is -1.26. The maximum Gasteiger partial charge on any atom is 0.309 e. The first-order valence-electron chi connectivity index (χ1n) is 17.4. The molecular weight excluding hydrogens is 484 g/mol. The van der Waals surface area contributed by atoms with E-state index >= 15 is 0 Å². The number of carboxylic acid groups (broad SMARTS) is 2. The molecule has 1 atom stereocenters. The van der Waals surface area contributed by atoms with E-state index in [1.165, 1.54) is 148 Å². The van der Waals surface area contributed by atoms with Crippen molar-refractivity contribution in [3.05, 3.63) is 0 Å². The molecule has 0 fully saturated rings. The molecule has 0 aromatic carbocycles. The third-order valence-corrected chi connectivity index (χ3v) is 8.72. The lowest BCUT2D eigenvalue weighted by Crippen LogP contribution is -2.27. The van der Waals surface area contributed by atoms with Gasteiger partial charge in [0, 0.05) is 6.42 Å². The van der Waals surface area contributed by atoms with E-state index in [-0.39, 0.29) is 0 Å². The molecule has 0 rings (SSSR count). The van der Waals surface area contributed by atoms with Crippen LogP contribution in [0.25, 0.3) is 0 Å². The summed E-state index contributed by atoms with van der Waals surface area (Å²) in [7, 11) is 0. The second kappa shape index (κ2) is 28.5. The zero-order chi connectivity index (χ0) is 28.9. The summed E-state index contributed by atoms with van der Waals surface area (Å²) in [6.45, 7) is 4.25. The molecule has 39 heavy (non-hydrogen) atoms. The molecule has 0 saturated carbocycles. The normalized spacial score (nSPS) is 13.0. The zero-order valence-electron chi connectivity index (χ0n) is 26.4. The average molecular weight is 553 g/mol. The van der Waals surface area contributed by atoms with Gasteiger partial charge in [-0.2, -0.15) is 0 Å². The van der Waals surface area contributed by atoms with Crippen molar-refractivity contribution in [2.24, 2.45) is 5.41 Å². The lowest BCUT2D eigenvalue weighted by Gasteiger charge is -2.24. The minimum Gasteiger partial charge on any atom is -0.481 e. The number of unbranched alkanes of at least 4 members (excludes halogenated alkanes) is 25. The summed E-state index contributed by atoms with van der Waals surface area (Å²) >= 11 is 0. The standard InChI is InChI=1S/C35H68O4/c1-3-4-5-6-7-8-9-16-19-22-25-28-31-35(2,34(38)39)32-29-26-23-20-17-14-12-10-11-13-15-18-21-24-27-30-33(36)37/h3-32H2,1-2H3,(H,36,37)(H,38,39). The molecule has 0 spiro atoms. The predicted octanol–water partition coefficient (Wildman–Crippen LogP) is 11.9. The van der Waals surface area contributed by atoms with Crippen LogP contribution in [0.3, 0.4) is 0 Å². The van der Waals surface area contributed by atoms with Crippen LogP contribution in [0.15, 0.2) is 0 Å². The van der Waals surface area contributed by atoms with Crippen molar-refractivity contribution in [2.75, 3.05) is 0 Å². The lowest BCUT2D eigenvalue weighted by molar-refractivity contribution is -0.149. The molecule has 4 heteroatoms. The van der Waals surface area contributed by atoms with Crippen LogP contribution in [0, 0.1) is 5.41 Å². The van der Waals surface area contributed by atoms with Crippen LogP contribution in [0.2, 0.25) is 0 Å². The highest BCUT2D eigenvalue weighted by atomic mass is 16.4. The van der Waals surface area contributed by atoms with Crippen LogP contribution in [-0.2, 0) is 9.59 Å². The molecule has 0 aliphatic rings. The molecule has 0 heterocycles. The molecule has 0 bridgehead atoms. The van der Waals surface area contributed by atoms with Crippen LogP contribution in [-0.4, -0.2) is 22.2 Å². The topological polar surface area (TPSA) is 74.6 Å². The molecule has 0 amide bonds. The lowest BCUT2D eigenvalue weighted by atomic mass is 9.80. The van der Waals surface area contributed by atoms with E-state index in [0.717, 1.165) is 38.5 Å². The van der Waals surface area contributed by atoms with Gasteiger partial charge >= 0.3 is 11.9 Å². The van der Waals surface area contributed by atoms with E-state index in [1.807, 2.05) is 6.92 Å². The van der Waals surface area contributed by atoms with Gasteiger partial charge in [-0.1, -0.05) is 174 Å². The fourth-order valence-electron chi connectivity index (χ4n) is 5.78. The van der Waals surface area contributed by atoms with Gasteiger partial charge in [0.05, 0.1) is 5.41 Å². The Morgan fingerprint density at radius 2 is 0.692 bits per heavy atom. The molecular formula is C35H68O4. The zero-order valence-corrected chi connectivity index (χ0v) is 26.4. The van der Waals surface area contributed by atoms with Crippen molar-refractivity contribution in [3.63, 3.8) is 0 Å². The first-order valence-corrected chi connectivity index (χ1v) is 17.4. The van der Waals surface area contributed by atoms with Crippen molar-refractivity contribution in [3.8, 4) is 0 Å². The fourth-order valence-corrected chi connectivity index (χ4v) is 5.78. The Morgan fingerprint density at radius 1 is 0.436 bits per heavy atom. The van der Waals surface area contributed by atoms with Gasteiger partial charge in [-0.3, -0.25) is 9.59 Å². The third-order valence-electron chi connectivity index (χ3n) is 8.72. The van der Waals surface area contributed by atoms with E-state index < -0.39 is 17.4 Å². The minimum absolute atomic E-state index is 0.321.